The molecular formula is C16H19NS2. The lowest BCUT2D eigenvalue weighted by Gasteiger charge is -2.25. The van der Waals surface area contributed by atoms with E-state index in [-0.39, 0.29) is 0 Å². The van der Waals surface area contributed by atoms with Crippen LogP contribution >= 0.6 is 22.7 Å². The van der Waals surface area contributed by atoms with Gasteiger partial charge in [-0.05, 0) is 76.3 Å². The van der Waals surface area contributed by atoms with Crippen molar-refractivity contribution in [3.63, 3.8) is 0 Å². The van der Waals surface area contributed by atoms with Gasteiger partial charge in [0.15, 0.2) is 0 Å². The number of thiophene rings is 2. The summed E-state index contributed by atoms with van der Waals surface area (Å²) in [6.45, 7) is 3.61. The molecule has 0 amide bonds. The molecule has 0 unspecified atom stereocenters. The van der Waals surface area contributed by atoms with E-state index in [4.69, 9.17) is 0 Å². The van der Waals surface area contributed by atoms with Crippen LogP contribution in [0, 0.1) is 0 Å². The van der Waals surface area contributed by atoms with Crippen molar-refractivity contribution in [2.75, 3.05) is 19.6 Å². The lowest BCUT2D eigenvalue weighted by Crippen LogP contribution is -2.29. The van der Waals surface area contributed by atoms with E-state index in [0.717, 1.165) is 6.54 Å². The van der Waals surface area contributed by atoms with Gasteiger partial charge in [0, 0.05) is 6.54 Å². The summed E-state index contributed by atoms with van der Waals surface area (Å²) in [5, 5.41) is 8.83. The minimum atomic E-state index is 1.08. The number of hydrogen-bond acceptors (Lipinski definition) is 3. The molecule has 0 spiro atoms. The first-order valence-electron chi connectivity index (χ1n) is 6.91. The molecule has 2 aromatic heterocycles. The SMILES string of the molecule is C(CN1CCCCC1)=C(c1ccsc1)c1ccsc1. The van der Waals surface area contributed by atoms with Crippen LogP contribution in [0.25, 0.3) is 5.57 Å². The average Bonchev–Trinajstić information content (AvgIpc) is 3.13. The Balaban J connectivity index is 1.79. The van der Waals surface area contributed by atoms with Gasteiger partial charge in [-0.3, -0.25) is 4.90 Å². The molecule has 0 aromatic carbocycles. The van der Waals surface area contributed by atoms with Crippen LogP contribution in [-0.2, 0) is 0 Å². The smallest absolute Gasteiger partial charge is 0.0172 e. The summed E-state index contributed by atoms with van der Waals surface area (Å²) in [6, 6.07) is 4.45. The molecule has 19 heavy (non-hydrogen) atoms. The van der Waals surface area contributed by atoms with Gasteiger partial charge in [0.25, 0.3) is 0 Å². The zero-order valence-corrected chi connectivity index (χ0v) is 12.7. The van der Waals surface area contributed by atoms with Crippen molar-refractivity contribution in [1.29, 1.82) is 0 Å². The fraction of sp³-hybridized carbons (Fsp3) is 0.375. The van der Waals surface area contributed by atoms with E-state index in [1.807, 2.05) is 0 Å². The van der Waals surface area contributed by atoms with E-state index in [9.17, 15) is 0 Å². The van der Waals surface area contributed by atoms with E-state index in [1.54, 1.807) is 22.7 Å². The highest BCUT2D eigenvalue weighted by molar-refractivity contribution is 7.08. The van der Waals surface area contributed by atoms with Gasteiger partial charge in [0.2, 0.25) is 0 Å². The first kappa shape index (κ1) is 13.1. The second kappa shape index (κ2) is 6.51. The molecule has 0 aliphatic carbocycles. The Kier molecular flexibility index (Phi) is 4.49. The summed E-state index contributed by atoms with van der Waals surface area (Å²) in [4.78, 5) is 2.57. The second-order valence-corrected chi connectivity index (χ2v) is 6.56. The monoisotopic (exact) mass is 289 g/mol. The third kappa shape index (κ3) is 3.35. The number of nitrogens with zero attached hydrogens (tertiary/aromatic N) is 1. The molecule has 1 aliphatic heterocycles. The van der Waals surface area contributed by atoms with E-state index in [2.05, 4.69) is 44.6 Å². The number of likely N-dealkylation sites (tertiary alicyclic amines) is 1. The molecule has 2 aromatic rings. The minimum Gasteiger partial charge on any atom is -0.300 e. The summed E-state index contributed by atoms with van der Waals surface area (Å²) in [5.74, 6) is 0. The zero-order valence-electron chi connectivity index (χ0n) is 11.0. The van der Waals surface area contributed by atoms with Gasteiger partial charge in [-0.1, -0.05) is 12.5 Å². The van der Waals surface area contributed by atoms with Crippen molar-refractivity contribution in [2.24, 2.45) is 0 Å². The van der Waals surface area contributed by atoms with Gasteiger partial charge in [0.05, 0.1) is 0 Å². The molecule has 0 atom stereocenters. The summed E-state index contributed by atoms with van der Waals surface area (Å²) >= 11 is 3.55. The third-order valence-electron chi connectivity index (χ3n) is 3.67. The van der Waals surface area contributed by atoms with Crippen molar-refractivity contribution < 1.29 is 0 Å². The molecule has 0 saturated carbocycles. The van der Waals surface area contributed by atoms with Crippen molar-refractivity contribution in [1.82, 2.24) is 4.90 Å². The van der Waals surface area contributed by atoms with Crippen LogP contribution < -0.4 is 0 Å². The number of piperidine rings is 1. The Morgan fingerprint density at radius 3 is 2.16 bits per heavy atom. The molecule has 100 valence electrons. The summed E-state index contributed by atoms with van der Waals surface area (Å²) in [6.07, 6.45) is 6.54. The average molecular weight is 289 g/mol. The van der Waals surface area contributed by atoms with Crippen LogP contribution in [0.4, 0.5) is 0 Å². The van der Waals surface area contributed by atoms with Gasteiger partial charge in [-0.15, -0.1) is 0 Å². The van der Waals surface area contributed by atoms with E-state index >= 15 is 0 Å². The summed E-state index contributed by atoms with van der Waals surface area (Å²) in [7, 11) is 0. The van der Waals surface area contributed by atoms with Crippen LogP contribution in [0.5, 0.6) is 0 Å². The predicted molar refractivity (Wildman–Crippen MR) is 86.0 cm³/mol. The fourth-order valence-corrected chi connectivity index (χ4v) is 3.91. The Morgan fingerprint density at radius 1 is 1.00 bits per heavy atom. The standard InChI is InChI=1S/C16H19NS2/c1-2-7-17(8-3-1)9-4-16(14-5-10-18-12-14)15-6-11-19-13-15/h4-6,10-13H,1-3,7-9H2. The van der Waals surface area contributed by atoms with Gasteiger partial charge in [0.1, 0.15) is 0 Å². The molecule has 1 fully saturated rings. The Hall–Kier alpha value is -0.900. The largest absolute Gasteiger partial charge is 0.300 e. The molecule has 1 saturated heterocycles. The highest BCUT2D eigenvalue weighted by Crippen LogP contribution is 2.27. The van der Waals surface area contributed by atoms with Crippen LogP contribution in [-0.4, -0.2) is 24.5 Å². The Labute approximate surface area is 123 Å². The van der Waals surface area contributed by atoms with Crippen LogP contribution in [0.3, 0.4) is 0 Å². The molecular weight excluding hydrogens is 270 g/mol. The lowest BCUT2D eigenvalue weighted by molar-refractivity contribution is 0.252. The maximum absolute atomic E-state index is 2.57. The summed E-state index contributed by atoms with van der Waals surface area (Å²) < 4.78 is 0. The molecule has 1 nitrogen and oxygen atoms in total. The Bertz CT molecular complexity index is 469. The van der Waals surface area contributed by atoms with Crippen molar-refractivity contribution >= 4 is 28.2 Å². The van der Waals surface area contributed by atoms with E-state index in [1.165, 1.54) is 49.1 Å². The molecule has 0 bridgehead atoms. The van der Waals surface area contributed by atoms with E-state index in [0.29, 0.717) is 0 Å². The first-order valence-corrected chi connectivity index (χ1v) is 8.80. The molecule has 3 heteroatoms. The zero-order chi connectivity index (χ0) is 12.9. The third-order valence-corrected chi connectivity index (χ3v) is 5.03. The maximum atomic E-state index is 2.57. The second-order valence-electron chi connectivity index (χ2n) is 5.00. The fourth-order valence-electron chi connectivity index (χ4n) is 2.60. The predicted octanol–water partition coefficient (Wildman–Crippen LogP) is 4.73. The molecule has 3 rings (SSSR count). The quantitative estimate of drug-likeness (QED) is 0.786. The maximum Gasteiger partial charge on any atom is 0.0172 e. The van der Waals surface area contributed by atoms with Crippen LogP contribution in [0.15, 0.2) is 39.7 Å². The van der Waals surface area contributed by atoms with Crippen LogP contribution in [0.2, 0.25) is 0 Å². The van der Waals surface area contributed by atoms with Gasteiger partial charge >= 0.3 is 0 Å². The van der Waals surface area contributed by atoms with Crippen LogP contribution in [0.1, 0.15) is 30.4 Å². The molecule has 0 radical (unpaired) electrons. The summed E-state index contributed by atoms with van der Waals surface area (Å²) in [5.41, 5.74) is 4.12. The van der Waals surface area contributed by atoms with Gasteiger partial charge in [-0.2, -0.15) is 22.7 Å². The minimum absolute atomic E-state index is 1.08. The van der Waals surface area contributed by atoms with Crippen molar-refractivity contribution in [3.8, 4) is 0 Å². The van der Waals surface area contributed by atoms with E-state index < -0.39 is 0 Å². The number of rotatable bonds is 4. The lowest BCUT2D eigenvalue weighted by atomic mass is 10.0. The molecule has 1 aliphatic rings. The van der Waals surface area contributed by atoms with Crippen molar-refractivity contribution in [2.45, 2.75) is 19.3 Å². The van der Waals surface area contributed by atoms with Gasteiger partial charge in [-0.25, -0.2) is 0 Å². The topological polar surface area (TPSA) is 3.24 Å². The van der Waals surface area contributed by atoms with Crippen molar-refractivity contribution in [3.05, 3.63) is 50.9 Å². The Morgan fingerprint density at radius 2 is 1.63 bits per heavy atom. The number of hydrogen-bond donors (Lipinski definition) is 0. The highest BCUT2D eigenvalue weighted by atomic mass is 32.1. The molecule has 0 N–H and O–H groups in total. The van der Waals surface area contributed by atoms with Gasteiger partial charge < -0.3 is 0 Å². The molecule has 3 heterocycles. The highest BCUT2D eigenvalue weighted by Gasteiger charge is 2.10. The first-order chi connectivity index (χ1) is 9.43. The normalized spacial score (nSPS) is 16.4.